The Balaban J connectivity index is 2.39. The summed E-state index contributed by atoms with van der Waals surface area (Å²) in [5.41, 5.74) is 0.885. The number of aldehydes is 1. The van der Waals surface area contributed by atoms with E-state index in [9.17, 15) is 18.0 Å². The Kier molecular flexibility index (Phi) is 2.34. The van der Waals surface area contributed by atoms with Crippen LogP contribution in [0.1, 0.15) is 10.5 Å². The van der Waals surface area contributed by atoms with Crippen molar-refractivity contribution in [2.24, 2.45) is 0 Å². The molecular formula is C10H6F3NO2. The fraction of sp³-hybridized carbons (Fsp3) is 0.100. The smallest absolute Gasteiger partial charge is 0.406 e. The summed E-state index contributed by atoms with van der Waals surface area (Å²) in [7, 11) is 0. The van der Waals surface area contributed by atoms with Gasteiger partial charge in [-0.25, -0.2) is 0 Å². The number of fused-ring (bicyclic) bond motifs is 1. The zero-order valence-electron chi connectivity index (χ0n) is 7.84. The van der Waals surface area contributed by atoms with Crippen molar-refractivity contribution in [1.82, 2.24) is 4.98 Å². The van der Waals surface area contributed by atoms with E-state index in [0.717, 1.165) is 0 Å². The molecule has 84 valence electrons. The maximum Gasteiger partial charge on any atom is 0.573 e. The molecule has 1 heterocycles. The first-order valence-electron chi connectivity index (χ1n) is 4.31. The van der Waals surface area contributed by atoms with E-state index in [4.69, 9.17) is 0 Å². The number of aromatic nitrogens is 1. The van der Waals surface area contributed by atoms with Crippen LogP contribution in [-0.2, 0) is 0 Å². The fourth-order valence-corrected chi connectivity index (χ4v) is 1.39. The van der Waals surface area contributed by atoms with Crippen LogP contribution in [0.5, 0.6) is 5.75 Å². The Labute approximate surface area is 87.8 Å². The van der Waals surface area contributed by atoms with E-state index in [1.165, 1.54) is 24.3 Å². The molecule has 1 N–H and O–H groups in total. The van der Waals surface area contributed by atoms with Gasteiger partial charge in [-0.1, -0.05) is 0 Å². The number of carbonyl (C=O) groups is 1. The van der Waals surface area contributed by atoms with Crippen molar-refractivity contribution in [1.29, 1.82) is 0 Å². The molecule has 0 bridgehead atoms. The van der Waals surface area contributed by atoms with Crippen LogP contribution in [0.3, 0.4) is 0 Å². The van der Waals surface area contributed by atoms with Gasteiger partial charge in [-0.15, -0.1) is 13.2 Å². The highest BCUT2D eigenvalue weighted by Gasteiger charge is 2.31. The molecule has 1 aromatic heterocycles. The second-order valence-electron chi connectivity index (χ2n) is 3.14. The van der Waals surface area contributed by atoms with Crippen LogP contribution in [-0.4, -0.2) is 17.6 Å². The number of halogens is 3. The molecular weight excluding hydrogens is 223 g/mol. The molecule has 0 saturated heterocycles. The molecule has 0 fully saturated rings. The van der Waals surface area contributed by atoms with E-state index >= 15 is 0 Å². The van der Waals surface area contributed by atoms with Crippen LogP contribution >= 0.6 is 0 Å². The van der Waals surface area contributed by atoms with E-state index in [1.54, 1.807) is 0 Å². The molecule has 0 amide bonds. The first kappa shape index (κ1) is 10.5. The molecule has 2 aromatic rings. The van der Waals surface area contributed by atoms with Crippen LogP contribution in [0.25, 0.3) is 10.9 Å². The summed E-state index contributed by atoms with van der Waals surface area (Å²) in [5.74, 6) is -0.309. The molecule has 0 aliphatic heterocycles. The second-order valence-corrected chi connectivity index (χ2v) is 3.14. The van der Waals surface area contributed by atoms with E-state index in [0.29, 0.717) is 22.9 Å². The van der Waals surface area contributed by atoms with Crippen molar-refractivity contribution in [3.8, 4) is 5.75 Å². The highest BCUT2D eigenvalue weighted by atomic mass is 19.4. The topological polar surface area (TPSA) is 42.1 Å². The number of carbonyl (C=O) groups excluding carboxylic acids is 1. The van der Waals surface area contributed by atoms with Gasteiger partial charge < -0.3 is 9.72 Å². The van der Waals surface area contributed by atoms with Gasteiger partial charge in [-0.3, -0.25) is 4.79 Å². The normalized spacial score (nSPS) is 11.7. The minimum absolute atomic E-state index is 0.305. The van der Waals surface area contributed by atoms with Crippen LogP contribution in [0, 0.1) is 0 Å². The Hall–Kier alpha value is -1.98. The van der Waals surface area contributed by atoms with Crippen LogP contribution in [0.2, 0.25) is 0 Å². The summed E-state index contributed by atoms with van der Waals surface area (Å²) in [6.45, 7) is 0. The van der Waals surface area contributed by atoms with Crippen molar-refractivity contribution in [3.05, 3.63) is 30.0 Å². The standard InChI is InChI=1S/C10H6F3NO2/c11-10(12,13)16-8-1-2-9-6(4-8)3-7(5-15)14-9/h1-5,14H. The van der Waals surface area contributed by atoms with Gasteiger partial charge in [-0.2, -0.15) is 0 Å². The molecule has 0 aliphatic carbocycles. The van der Waals surface area contributed by atoms with Gasteiger partial charge in [-0.05, 0) is 24.3 Å². The van der Waals surface area contributed by atoms with Crippen LogP contribution < -0.4 is 4.74 Å². The zero-order chi connectivity index (χ0) is 11.8. The Bertz CT molecular complexity index is 530. The number of ether oxygens (including phenoxy) is 1. The van der Waals surface area contributed by atoms with Crippen molar-refractivity contribution < 1.29 is 22.7 Å². The molecule has 2 rings (SSSR count). The second kappa shape index (κ2) is 3.55. The molecule has 0 unspecified atom stereocenters. The van der Waals surface area contributed by atoms with Crippen molar-refractivity contribution in [2.45, 2.75) is 6.36 Å². The SMILES string of the molecule is O=Cc1cc2cc(OC(F)(F)F)ccc2[nH]1. The number of H-pyrrole nitrogens is 1. The number of hydrogen-bond donors (Lipinski definition) is 1. The molecule has 0 aliphatic rings. The minimum atomic E-state index is -4.71. The molecule has 6 heteroatoms. The number of benzene rings is 1. The largest absolute Gasteiger partial charge is 0.573 e. The highest BCUT2D eigenvalue weighted by molar-refractivity contribution is 5.88. The monoisotopic (exact) mass is 229 g/mol. The van der Waals surface area contributed by atoms with Gasteiger partial charge in [0, 0.05) is 10.9 Å². The minimum Gasteiger partial charge on any atom is -0.406 e. The predicted molar refractivity (Wildman–Crippen MR) is 50.4 cm³/mol. The average Bonchev–Trinajstić information content (AvgIpc) is 2.57. The third-order valence-corrected chi connectivity index (χ3v) is 1.97. The third-order valence-electron chi connectivity index (χ3n) is 1.97. The molecule has 1 aromatic carbocycles. The highest BCUT2D eigenvalue weighted by Crippen LogP contribution is 2.26. The Morgan fingerprint density at radius 1 is 1.25 bits per heavy atom. The molecule has 0 atom stereocenters. The summed E-state index contributed by atoms with van der Waals surface area (Å²) in [4.78, 5) is 13.2. The predicted octanol–water partition coefficient (Wildman–Crippen LogP) is 2.88. The van der Waals surface area contributed by atoms with Gasteiger partial charge >= 0.3 is 6.36 Å². The van der Waals surface area contributed by atoms with Crippen molar-refractivity contribution >= 4 is 17.2 Å². The van der Waals surface area contributed by atoms with Crippen LogP contribution in [0.15, 0.2) is 24.3 Å². The van der Waals surface area contributed by atoms with Crippen molar-refractivity contribution in [2.75, 3.05) is 0 Å². The van der Waals surface area contributed by atoms with Gasteiger partial charge in [0.15, 0.2) is 6.29 Å². The maximum absolute atomic E-state index is 11.9. The van der Waals surface area contributed by atoms with E-state index in [2.05, 4.69) is 9.72 Å². The molecule has 16 heavy (non-hydrogen) atoms. The summed E-state index contributed by atoms with van der Waals surface area (Å²) in [6, 6.07) is 5.27. The summed E-state index contributed by atoms with van der Waals surface area (Å²) in [6.07, 6.45) is -4.12. The van der Waals surface area contributed by atoms with E-state index in [1.807, 2.05) is 0 Å². The van der Waals surface area contributed by atoms with Gasteiger partial charge in [0.2, 0.25) is 0 Å². The number of hydrogen-bond acceptors (Lipinski definition) is 2. The Morgan fingerprint density at radius 3 is 2.62 bits per heavy atom. The summed E-state index contributed by atoms with van der Waals surface area (Å²) >= 11 is 0. The number of rotatable bonds is 2. The number of alkyl halides is 3. The number of aromatic amines is 1. The zero-order valence-corrected chi connectivity index (χ0v) is 7.84. The van der Waals surface area contributed by atoms with E-state index < -0.39 is 6.36 Å². The number of nitrogens with one attached hydrogen (secondary N) is 1. The Morgan fingerprint density at radius 2 is 2.00 bits per heavy atom. The van der Waals surface area contributed by atoms with Gasteiger partial charge in [0.25, 0.3) is 0 Å². The molecule has 0 radical (unpaired) electrons. The summed E-state index contributed by atoms with van der Waals surface area (Å²) in [5, 5.41) is 0.490. The molecule has 0 spiro atoms. The quantitative estimate of drug-likeness (QED) is 0.804. The first-order chi connectivity index (χ1) is 7.48. The lowest BCUT2D eigenvalue weighted by molar-refractivity contribution is -0.274. The van der Waals surface area contributed by atoms with Crippen LogP contribution in [0.4, 0.5) is 13.2 Å². The lowest BCUT2D eigenvalue weighted by Crippen LogP contribution is -2.16. The lowest BCUT2D eigenvalue weighted by atomic mass is 10.2. The molecule has 3 nitrogen and oxygen atoms in total. The first-order valence-corrected chi connectivity index (χ1v) is 4.31. The lowest BCUT2D eigenvalue weighted by Gasteiger charge is -2.08. The van der Waals surface area contributed by atoms with Gasteiger partial charge in [0.05, 0.1) is 5.69 Å². The van der Waals surface area contributed by atoms with Crippen molar-refractivity contribution in [3.63, 3.8) is 0 Å². The molecule has 0 saturated carbocycles. The average molecular weight is 229 g/mol. The maximum atomic E-state index is 11.9. The fourth-order valence-electron chi connectivity index (χ4n) is 1.39. The van der Waals surface area contributed by atoms with Gasteiger partial charge in [0.1, 0.15) is 5.75 Å². The van der Waals surface area contributed by atoms with E-state index in [-0.39, 0.29) is 5.75 Å². The summed E-state index contributed by atoms with van der Waals surface area (Å²) < 4.78 is 39.5. The third kappa shape index (κ3) is 2.16.